The molecule has 0 radical (unpaired) electrons. The van der Waals surface area contributed by atoms with Gasteiger partial charge in [-0.15, -0.1) is 0 Å². The molecule has 124 valence electrons. The first-order valence-electron chi connectivity index (χ1n) is 7.00. The average molecular weight is 351 g/mol. The molecule has 1 saturated carbocycles. The molecule has 2 atom stereocenters. The molecule has 2 rings (SSSR count). The minimum absolute atomic E-state index is 0.0869. The Kier molecular flexibility index (Phi) is 5.34. The van der Waals surface area contributed by atoms with Crippen molar-refractivity contribution >= 4 is 27.3 Å². The molecule has 1 aromatic carbocycles. The van der Waals surface area contributed by atoms with Crippen LogP contribution >= 0.6 is 11.8 Å². The molecule has 0 amide bonds. The van der Waals surface area contributed by atoms with Gasteiger partial charge in [-0.25, -0.2) is 8.42 Å². The van der Waals surface area contributed by atoms with Crippen molar-refractivity contribution in [1.82, 2.24) is 0 Å². The van der Waals surface area contributed by atoms with Crippen molar-refractivity contribution in [2.75, 3.05) is 17.6 Å². The monoisotopic (exact) mass is 351 g/mol. The number of thioether (sulfide) groups is 1. The largest absolute Gasteiger partial charge is 0.387 e. The van der Waals surface area contributed by atoms with Gasteiger partial charge < -0.3 is 10.4 Å². The van der Waals surface area contributed by atoms with E-state index in [1.54, 1.807) is 17.8 Å². The lowest BCUT2D eigenvalue weighted by Gasteiger charge is -2.45. The summed E-state index contributed by atoms with van der Waals surface area (Å²) in [4.78, 5) is -0.437. The number of benzene rings is 1. The van der Waals surface area contributed by atoms with Gasteiger partial charge in [0.1, 0.15) is 0 Å². The van der Waals surface area contributed by atoms with E-state index in [1.807, 2.05) is 6.92 Å². The number of nitrogens with one attached hydrogen (secondary N) is 1. The van der Waals surface area contributed by atoms with E-state index in [0.717, 1.165) is 18.2 Å². The molecular formula is C14H19F2NO3S2. The predicted molar refractivity (Wildman–Crippen MR) is 84.2 cm³/mol. The Bertz CT molecular complexity index is 624. The minimum atomic E-state index is -4.67. The van der Waals surface area contributed by atoms with Crippen molar-refractivity contribution in [2.45, 2.75) is 41.3 Å². The SMILES string of the molecule is CCSC1CCC1(O)CNc1ccccc1S(=O)(=O)C(F)F. The Morgan fingerprint density at radius 3 is 2.68 bits per heavy atom. The molecule has 22 heavy (non-hydrogen) atoms. The molecule has 0 bridgehead atoms. The molecule has 0 heterocycles. The fraction of sp³-hybridized carbons (Fsp3) is 0.571. The zero-order valence-electron chi connectivity index (χ0n) is 12.1. The van der Waals surface area contributed by atoms with Crippen LogP contribution in [0.15, 0.2) is 29.2 Å². The van der Waals surface area contributed by atoms with Crippen molar-refractivity contribution in [3.63, 3.8) is 0 Å². The molecule has 1 aliphatic carbocycles. The summed E-state index contributed by atoms with van der Waals surface area (Å²) in [6, 6.07) is 5.54. The second-order valence-electron chi connectivity index (χ2n) is 5.24. The standard InChI is InChI=1S/C14H19F2NO3S2/c1-2-21-12-7-8-14(12,18)9-17-10-5-3-4-6-11(10)22(19,20)13(15)16/h3-6,12-13,17-18H,2,7-9H2,1H3. The Morgan fingerprint density at radius 1 is 1.45 bits per heavy atom. The zero-order valence-corrected chi connectivity index (χ0v) is 13.8. The summed E-state index contributed by atoms with van der Waals surface area (Å²) >= 11 is 1.65. The lowest BCUT2D eigenvalue weighted by atomic mass is 9.79. The molecule has 2 unspecified atom stereocenters. The van der Waals surface area contributed by atoms with E-state index in [4.69, 9.17) is 0 Å². The normalized spacial score (nSPS) is 25.0. The van der Waals surface area contributed by atoms with Crippen LogP contribution in [0.3, 0.4) is 0 Å². The summed E-state index contributed by atoms with van der Waals surface area (Å²) in [6.45, 7) is 2.14. The van der Waals surface area contributed by atoms with Crippen molar-refractivity contribution < 1.29 is 22.3 Å². The zero-order chi connectivity index (χ0) is 16.4. The second kappa shape index (κ2) is 6.72. The number of sulfone groups is 1. The fourth-order valence-corrected chi connectivity index (χ4v) is 4.55. The van der Waals surface area contributed by atoms with Crippen molar-refractivity contribution in [3.05, 3.63) is 24.3 Å². The number of alkyl halides is 2. The van der Waals surface area contributed by atoms with Crippen LogP contribution < -0.4 is 5.32 Å². The van der Waals surface area contributed by atoms with Crippen LogP contribution in [0.25, 0.3) is 0 Å². The molecule has 2 N–H and O–H groups in total. The average Bonchev–Trinajstić information content (AvgIpc) is 2.49. The molecule has 4 nitrogen and oxygen atoms in total. The third kappa shape index (κ3) is 3.38. The Balaban J connectivity index is 2.15. The van der Waals surface area contributed by atoms with E-state index in [2.05, 4.69) is 5.32 Å². The first kappa shape index (κ1) is 17.5. The minimum Gasteiger partial charge on any atom is -0.387 e. The van der Waals surface area contributed by atoms with Gasteiger partial charge in [0.05, 0.1) is 16.2 Å². The molecule has 1 aliphatic rings. The highest BCUT2D eigenvalue weighted by atomic mass is 32.2. The highest BCUT2D eigenvalue weighted by molar-refractivity contribution is 8.00. The summed E-state index contributed by atoms with van der Waals surface area (Å²) in [7, 11) is -4.67. The van der Waals surface area contributed by atoms with E-state index in [-0.39, 0.29) is 17.5 Å². The number of aliphatic hydroxyl groups is 1. The molecule has 1 fully saturated rings. The van der Waals surface area contributed by atoms with E-state index in [0.29, 0.717) is 6.42 Å². The van der Waals surface area contributed by atoms with Crippen molar-refractivity contribution in [1.29, 1.82) is 0 Å². The molecule has 0 aliphatic heterocycles. The molecule has 0 spiro atoms. The fourth-order valence-electron chi connectivity index (χ4n) is 2.44. The van der Waals surface area contributed by atoms with Crippen LogP contribution in [0.2, 0.25) is 0 Å². The van der Waals surface area contributed by atoms with Crippen LogP contribution in [-0.2, 0) is 9.84 Å². The Morgan fingerprint density at radius 2 is 2.14 bits per heavy atom. The number of halogens is 2. The number of rotatable bonds is 7. The number of para-hydroxylation sites is 1. The van der Waals surface area contributed by atoms with Gasteiger partial charge in [-0.05, 0) is 30.7 Å². The van der Waals surface area contributed by atoms with Crippen LogP contribution in [0.1, 0.15) is 19.8 Å². The van der Waals surface area contributed by atoms with E-state index < -0.39 is 26.1 Å². The van der Waals surface area contributed by atoms with Gasteiger partial charge in [-0.3, -0.25) is 0 Å². The van der Waals surface area contributed by atoms with Gasteiger partial charge in [0, 0.05) is 11.8 Å². The summed E-state index contributed by atoms with van der Waals surface area (Å²) < 4.78 is 48.8. The van der Waals surface area contributed by atoms with Gasteiger partial charge in [0.2, 0.25) is 9.84 Å². The van der Waals surface area contributed by atoms with Crippen molar-refractivity contribution in [2.24, 2.45) is 0 Å². The van der Waals surface area contributed by atoms with E-state index in [9.17, 15) is 22.3 Å². The maximum absolute atomic E-state index is 12.7. The third-order valence-corrected chi connectivity index (χ3v) is 6.67. The summed E-state index contributed by atoms with van der Waals surface area (Å²) in [6.07, 6.45) is 1.51. The quantitative estimate of drug-likeness (QED) is 0.791. The number of hydrogen-bond acceptors (Lipinski definition) is 5. The molecular weight excluding hydrogens is 332 g/mol. The van der Waals surface area contributed by atoms with Gasteiger partial charge in [-0.1, -0.05) is 19.1 Å². The van der Waals surface area contributed by atoms with Gasteiger partial charge in [0.15, 0.2) is 0 Å². The lowest BCUT2D eigenvalue weighted by molar-refractivity contribution is -0.0120. The highest BCUT2D eigenvalue weighted by Gasteiger charge is 2.45. The molecule has 0 aromatic heterocycles. The summed E-state index contributed by atoms with van der Waals surface area (Å²) in [5, 5.41) is 13.4. The number of anilines is 1. The van der Waals surface area contributed by atoms with Crippen LogP contribution in [-0.4, -0.2) is 42.4 Å². The lowest BCUT2D eigenvalue weighted by Crippen LogP contribution is -2.54. The smallest absolute Gasteiger partial charge is 0.341 e. The topological polar surface area (TPSA) is 66.4 Å². The number of hydrogen-bond donors (Lipinski definition) is 2. The van der Waals surface area contributed by atoms with Gasteiger partial charge in [-0.2, -0.15) is 20.5 Å². The van der Waals surface area contributed by atoms with E-state index in [1.165, 1.54) is 12.1 Å². The molecule has 0 saturated heterocycles. The van der Waals surface area contributed by atoms with E-state index >= 15 is 0 Å². The highest BCUT2D eigenvalue weighted by Crippen LogP contribution is 2.41. The van der Waals surface area contributed by atoms with Crippen molar-refractivity contribution in [3.8, 4) is 0 Å². The Hall–Kier alpha value is -0.860. The van der Waals surface area contributed by atoms with Crippen LogP contribution in [0.5, 0.6) is 0 Å². The first-order chi connectivity index (χ1) is 10.3. The third-order valence-electron chi connectivity index (χ3n) is 3.82. The van der Waals surface area contributed by atoms with Crippen LogP contribution in [0.4, 0.5) is 14.5 Å². The summed E-state index contributed by atoms with van der Waals surface area (Å²) in [5.41, 5.74) is -0.828. The van der Waals surface area contributed by atoms with Crippen LogP contribution in [0, 0.1) is 0 Å². The maximum atomic E-state index is 12.7. The summed E-state index contributed by atoms with van der Waals surface area (Å²) in [5.74, 6) is -2.59. The molecule has 8 heteroatoms. The first-order valence-corrected chi connectivity index (χ1v) is 9.59. The van der Waals surface area contributed by atoms with Gasteiger partial charge >= 0.3 is 5.76 Å². The second-order valence-corrected chi connectivity index (χ2v) is 8.61. The molecule has 1 aromatic rings. The van der Waals surface area contributed by atoms with Gasteiger partial charge in [0.25, 0.3) is 0 Å². The predicted octanol–water partition coefficient (Wildman–Crippen LogP) is 2.74. The maximum Gasteiger partial charge on any atom is 0.341 e. The Labute approximate surface area is 133 Å².